The largest absolute Gasteiger partial charge is 0.312 e. The first-order chi connectivity index (χ1) is 10.3. The number of carbonyl (C=O) groups excluding carboxylic acids is 2. The summed E-state index contributed by atoms with van der Waals surface area (Å²) in [7, 11) is 0. The molecular formula is C16H21N3O2. The highest BCUT2D eigenvalue weighted by Crippen LogP contribution is 2.20. The lowest BCUT2D eigenvalue weighted by atomic mass is 10.1. The Hall–Kier alpha value is -1.75. The summed E-state index contributed by atoms with van der Waals surface area (Å²) in [5.74, 6) is -0.482. The number of hydrogen-bond donors (Lipinski definition) is 1. The third-order valence-corrected chi connectivity index (χ3v) is 4.35. The van der Waals surface area contributed by atoms with Crippen molar-refractivity contribution in [3.05, 3.63) is 29.6 Å². The maximum Gasteiger partial charge on any atom is 0.280 e. The molecule has 1 aromatic heterocycles. The molecule has 0 bridgehead atoms. The highest BCUT2D eigenvalue weighted by molar-refractivity contribution is 6.20. The molecule has 0 saturated heterocycles. The van der Waals surface area contributed by atoms with E-state index in [4.69, 9.17) is 0 Å². The van der Waals surface area contributed by atoms with Gasteiger partial charge in [-0.25, -0.2) is 0 Å². The van der Waals surface area contributed by atoms with E-state index in [0.29, 0.717) is 24.7 Å². The molecule has 2 amide bonds. The van der Waals surface area contributed by atoms with Crippen LogP contribution in [0.3, 0.4) is 0 Å². The van der Waals surface area contributed by atoms with Gasteiger partial charge in [0.15, 0.2) is 0 Å². The van der Waals surface area contributed by atoms with Crippen LogP contribution in [0.2, 0.25) is 0 Å². The molecule has 112 valence electrons. The van der Waals surface area contributed by atoms with Gasteiger partial charge in [-0.05, 0) is 25.0 Å². The van der Waals surface area contributed by atoms with Gasteiger partial charge < -0.3 is 5.32 Å². The summed E-state index contributed by atoms with van der Waals surface area (Å²) in [4.78, 5) is 29.7. The van der Waals surface area contributed by atoms with Crippen LogP contribution in [0, 0.1) is 0 Å². The molecule has 1 aliphatic heterocycles. The minimum atomic E-state index is -0.265. The second-order valence-corrected chi connectivity index (χ2v) is 5.80. The number of imide groups is 1. The lowest BCUT2D eigenvalue weighted by Gasteiger charge is -2.19. The highest BCUT2D eigenvalue weighted by atomic mass is 16.2. The second-order valence-electron chi connectivity index (χ2n) is 5.80. The molecule has 5 nitrogen and oxygen atoms in total. The van der Waals surface area contributed by atoms with Crippen LogP contribution in [-0.4, -0.2) is 40.8 Å². The van der Waals surface area contributed by atoms with Gasteiger partial charge in [0.05, 0.1) is 5.56 Å². The van der Waals surface area contributed by atoms with Gasteiger partial charge in [-0.2, -0.15) is 0 Å². The van der Waals surface area contributed by atoms with Crippen molar-refractivity contribution in [3.63, 3.8) is 0 Å². The van der Waals surface area contributed by atoms with E-state index < -0.39 is 0 Å². The fourth-order valence-corrected chi connectivity index (χ4v) is 3.18. The van der Waals surface area contributed by atoms with Crippen LogP contribution < -0.4 is 5.32 Å². The van der Waals surface area contributed by atoms with E-state index in [1.807, 2.05) is 0 Å². The van der Waals surface area contributed by atoms with E-state index in [0.717, 1.165) is 0 Å². The quantitative estimate of drug-likeness (QED) is 0.679. The van der Waals surface area contributed by atoms with E-state index in [2.05, 4.69) is 10.3 Å². The van der Waals surface area contributed by atoms with Crippen LogP contribution >= 0.6 is 0 Å². The van der Waals surface area contributed by atoms with Gasteiger partial charge in [0.25, 0.3) is 11.8 Å². The SMILES string of the molecule is O=C1c2cccnc2C(=O)N1CCNC1CCCCCC1. The predicted octanol–water partition coefficient (Wildman–Crippen LogP) is 1.99. The molecule has 21 heavy (non-hydrogen) atoms. The van der Waals surface area contributed by atoms with Gasteiger partial charge in [0, 0.05) is 25.3 Å². The topological polar surface area (TPSA) is 62.3 Å². The molecule has 2 aliphatic rings. The summed E-state index contributed by atoms with van der Waals surface area (Å²) in [6.07, 6.45) is 9.14. The summed E-state index contributed by atoms with van der Waals surface area (Å²) in [5, 5.41) is 3.49. The molecule has 2 heterocycles. The number of nitrogens with one attached hydrogen (secondary N) is 1. The average molecular weight is 287 g/mol. The molecule has 0 radical (unpaired) electrons. The van der Waals surface area contributed by atoms with Gasteiger partial charge in [-0.1, -0.05) is 25.7 Å². The van der Waals surface area contributed by atoms with Crippen molar-refractivity contribution < 1.29 is 9.59 Å². The minimum absolute atomic E-state index is 0.217. The van der Waals surface area contributed by atoms with Gasteiger partial charge in [-0.3, -0.25) is 19.5 Å². The molecule has 1 aromatic rings. The molecule has 1 saturated carbocycles. The highest BCUT2D eigenvalue weighted by Gasteiger charge is 2.36. The third-order valence-electron chi connectivity index (χ3n) is 4.35. The maximum absolute atomic E-state index is 12.2. The van der Waals surface area contributed by atoms with Crippen molar-refractivity contribution in [2.45, 2.75) is 44.6 Å². The zero-order valence-electron chi connectivity index (χ0n) is 12.2. The van der Waals surface area contributed by atoms with Gasteiger partial charge in [0.1, 0.15) is 5.69 Å². The number of nitrogens with zero attached hydrogens (tertiary/aromatic N) is 2. The average Bonchev–Trinajstić information content (AvgIpc) is 2.70. The van der Waals surface area contributed by atoms with Gasteiger partial charge in [0.2, 0.25) is 0 Å². The summed E-state index contributed by atoms with van der Waals surface area (Å²) >= 11 is 0. The van der Waals surface area contributed by atoms with Crippen molar-refractivity contribution in [2.24, 2.45) is 0 Å². The van der Waals surface area contributed by atoms with E-state index in [9.17, 15) is 9.59 Å². The number of fused-ring (bicyclic) bond motifs is 1. The Morgan fingerprint density at radius 2 is 1.90 bits per heavy atom. The monoisotopic (exact) mass is 287 g/mol. The molecule has 0 aromatic carbocycles. The summed E-state index contributed by atoms with van der Waals surface area (Å²) in [5.41, 5.74) is 0.717. The second kappa shape index (κ2) is 6.35. The standard InChI is InChI=1S/C16H21N3O2/c20-15-13-8-5-9-18-14(13)16(21)19(15)11-10-17-12-6-3-1-2-4-7-12/h5,8-9,12,17H,1-4,6-7,10-11H2. The summed E-state index contributed by atoms with van der Waals surface area (Å²) < 4.78 is 0. The normalized spacial score (nSPS) is 19.7. The van der Waals surface area contributed by atoms with Crippen LogP contribution in [-0.2, 0) is 0 Å². The number of carbonyl (C=O) groups is 2. The smallest absolute Gasteiger partial charge is 0.280 e. The first-order valence-electron chi connectivity index (χ1n) is 7.82. The Kier molecular flexibility index (Phi) is 4.29. The molecule has 0 atom stereocenters. The fourth-order valence-electron chi connectivity index (χ4n) is 3.18. The molecule has 1 N–H and O–H groups in total. The van der Waals surface area contributed by atoms with E-state index in [1.54, 1.807) is 18.3 Å². The number of amides is 2. The lowest BCUT2D eigenvalue weighted by molar-refractivity contribution is 0.0652. The van der Waals surface area contributed by atoms with Crippen LogP contribution in [0.5, 0.6) is 0 Å². The summed E-state index contributed by atoms with van der Waals surface area (Å²) in [6.45, 7) is 1.08. The Labute approximate surface area is 124 Å². The molecular weight excluding hydrogens is 266 g/mol. The van der Waals surface area contributed by atoms with Gasteiger partial charge >= 0.3 is 0 Å². The molecule has 5 heteroatoms. The number of rotatable bonds is 4. The molecule has 3 rings (SSSR count). The summed E-state index contributed by atoms with van der Waals surface area (Å²) in [6, 6.07) is 3.89. The van der Waals surface area contributed by atoms with Crippen molar-refractivity contribution >= 4 is 11.8 Å². The van der Waals surface area contributed by atoms with Crippen molar-refractivity contribution in [1.82, 2.24) is 15.2 Å². The molecule has 1 aliphatic carbocycles. The van der Waals surface area contributed by atoms with Crippen molar-refractivity contribution in [1.29, 1.82) is 0 Å². The van der Waals surface area contributed by atoms with Crippen LogP contribution in [0.15, 0.2) is 18.3 Å². The van der Waals surface area contributed by atoms with Gasteiger partial charge in [-0.15, -0.1) is 0 Å². The molecule has 1 fully saturated rings. The molecule has 0 unspecified atom stereocenters. The number of pyridine rings is 1. The van der Waals surface area contributed by atoms with Crippen LogP contribution in [0.4, 0.5) is 0 Å². The number of aromatic nitrogens is 1. The van der Waals surface area contributed by atoms with Crippen molar-refractivity contribution in [3.8, 4) is 0 Å². The minimum Gasteiger partial charge on any atom is -0.312 e. The predicted molar refractivity (Wildman–Crippen MR) is 79.1 cm³/mol. The first kappa shape index (κ1) is 14.2. The first-order valence-corrected chi connectivity index (χ1v) is 7.82. The zero-order chi connectivity index (χ0) is 14.7. The number of hydrogen-bond acceptors (Lipinski definition) is 4. The lowest BCUT2D eigenvalue weighted by Crippen LogP contribution is -2.39. The maximum atomic E-state index is 12.2. The van der Waals surface area contributed by atoms with Crippen LogP contribution in [0.1, 0.15) is 59.4 Å². The Morgan fingerprint density at radius 3 is 2.62 bits per heavy atom. The molecule has 0 spiro atoms. The Bertz CT molecular complexity index is 501. The Balaban J connectivity index is 1.54. The van der Waals surface area contributed by atoms with E-state index in [1.165, 1.54) is 43.4 Å². The van der Waals surface area contributed by atoms with E-state index in [-0.39, 0.29) is 17.5 Å². The van der Waals surface area contributed by atoms with E-state index >= 15 is 0 Å². The third kappa shape index (κ3) is 2.97. The van der Waals surface area contributed by atoms with Crippen LogP contribution in [0.25, 0.3) is 0 Å². The zero-order valence-corrected chi connectivity index (χ0v) is 12.2. The fraction of sp³-hybridized carbons (Fsp3) is 0.562. The van der Waals surface area contributed by atoms with Crippen molar-refractivity contribution in [2.75, 3.05) is 13.1 Å². The Morgan fingerprint density at radius 1 is 1.14 bits per heavy atom.